The standard InChI is InChI=1S/C8H7F3N2OS.C6H11NO2/c9-8(10,11)6-3-4(15)1-2-5(6)7(14)13-12;7-5-2-1-4(3-5)6(8)9/h1-3,15H,12H2,(H,13,14);4-5H,1-3,7H2,(H,8,9)/t;4-,5+/m.1/s1. The van der Waals surface area contributed by atoms with Gasteiger partial charge in [0.25, 0.3) is 5.91 Å². The number of amides is 1. The van der Waals surface area contributed by atoms with Crippen molar-refractivity contribution in [1.82, 2.24) is 5.43 Å². The quantitative estimate of drug-likeness (QED) is 0.237. The van der Waals surface area contributed by atoms with E-state index >= 15 is 0 Å². The van der Waals surface area contributed by atoms with Gasteiger partial charge < -0.3 is 10.8 Å². The third-order valence-electron chi connectivity index (χ3n) is 3.51. The van der Waals surface area contributed by atoms with E-state index in [0.29, 0.717) is 6.42 Å². The van der Waals surface area contributed by atoms with Gasteiger partial charge >= 0.3 is 12.1 Å². The van der Waals surface area contributed by atoms with Crippen LogP contribution in [0.5, 0.6) is 0 Å². The van der Waals surface area contributed by atoms with Crippen molar-refractivity contribution in [3.05, 3.63) is 29.3 Å². The molecule has 1 aliphatic rings. The summed E-state index contributed by atoms with van der Waals surface area (Å²) >= 11 is 3.77. The molecule has 0 bridgehead atoms. The van der Waals surface area contributed by atoms with E-state index in [9.17, 15) is 22.8 Å². The van der Waals surface area contributed by atoms with E-state index in [-0.39, 0.29) is 16.9 Å². The number of thiol groups is 1. The van der Waals surface area contributed by atoms with Crippen LogP contribution in [0.1, 0.15) is 35.2 Å². The fourth-order valence-electron chi connectivity index (χ4n) is 2.28. The molecule has 0 aromatic heterocycles. The Morgan fingerprint density at radius 2 is 1.92 bits per heavy atom. The van der Waals surface area contributed by atoms with Gasteiger partial charge in [0.05, 0.1) is 17.0 Å². The Morgan fingerprint density at radius 1 is 1.29 bits per heavy atom. The van der Waals surface area contributed by atoms with Crippen LogP contribution in [0.15, 0.2) is 23.1 Å². The van der Waals surface area contributed by atoms with E-state index in [2.05, 4.69) is 12.6 Å². The summed E-state index contributed by atoms with van der Waals surface area (Å²) in [4.78, 5) is 21.4. The molecule has 0 spiro atoms. The molecule has 0 heterocycles. The fraction of sp³-hybridized carbons (Fsp3) is 0.429. The van der Waals surface area contributed by atoms with Crippen molar-refractivity contribution < 1.29 is 27.9 Å². The number of hydrazine groups is 1. The lowest BCUT2D eigenvalue weighted by molar-refractivity contribution is -0.141. The number of rotatable bonds is 2. The highest BCUT2D eigenvalue weighted by Gasteiger charge is 2.35. The molecule has 1 saturated carbocycles. The highest BCUT2D eigenvalue weighted by molar-refractivity contribution is 7.80. The number of carboxylic acid groups (broad SMARTS) is 1. The Bertz CT molecular complexity index is 611. The molecule has 10 heteroatoms. The molecule has 1 aliphatic carbocycles. The molecule has 0 radical (unpaired) electrons. The molecule has 6 nitrogen and oxygen atoms in total. The molecule has 0 aliphatic heterocycles. The van der Waals surface area contributed by atoms with Crippen molar-refractivity contribution in [2.45, 2.75) is 36.4 Å². The van der Waals surface area contributed by atoms with Crippen LogP contribution in [0.4, 0.5) is 13.2 Å². The zero-order valence-electron chi connectivity index (χ0n) is 12.5. The molecular formula is C14H18F3N3O3S. The van der Waals surface area contributed by atoms with Crippen LogP contribution in [0.3, 0.4) is 0 Å². The van der Waals surface area contributed by atoms with Gasteiger partial charge in [-0.3, -0.25) is 15.0 Å². The van der Waals surface area contributed by atoms with E-state index in [1.165, 1.54) is 6.07 Å². The summed E-state index contributed by atoms with van der Waals surface area (Å²) in [5.41, 5.74) is 5.57. The molecule has 1 amide bonds. The Balaban J connectivity index is 0.000000272. The smallest absolute Gasteiger partial charge is 0.417 e. The first-order chi connectivity index (χ1) is 11.1. The largest absolute Gasteiger partial charge is 0.481 e. The summed E-state index contributed by atoms with van der Waals surface area (Å²) in [5.74, 6) is 2.92. The van der Waals surface area contributed by atoms with Crippen LogP contribution in [0.25, 0.3) is 0 Å². The minimum Gasteiger partial charge on any atom is -0.481 e. The highest BCUT2D eigenvalue weighted by atomic mass is 32.1. The summed E-state index contributed by atoms with van der Waals surface area (Å²) < 4.78 is 37.4. The number of carbonyl (C=O) groups is 2. The van der Waals surface area contributed by atoms with E-state index in [1.54, 1.807) is 5.43 Å². The predicted octanol–water partition coefficient (Wildman–Crippen LogP) is 1.80. The number of halogens is 3. The van der Waals surface area contributed by atoms with Crippen molar-refractivity contribution in [2.24, 2.45) is 17.5 Å². The first-order valence-electron chi connectivity index (χ1n) is 6.95. The molecule has 1 aromatic carbocycles. The minimum absolute atomic E-state index is 0.121. The maximum atomic E-state index is 12.5. The van der Waals surface area contributed by atoms with E-state index < -0.39 is 29.2 Å². The fourth-order valence-corrected chi connectivity index (χ4v) is 2.49. The summed E-state index contributed by atoms with van der Waals surface area (Å²) in [5, 5.41) is 8.48. The molecule has 1 aromatic rings. The average Bonchev–Trinajstić information content (AvgIpc) is 2.93. The van der Waals surface area contributed by atoms with Crippen molar-refractivity contribution in [3.8, 4) is 0 Å². The van der Waals surface area contributed by atoms with Gasteiger partial charge in [-0.05, 0) is 37.5 Å². The van der Waals surface area contributed by atoms with Gasteiger partial charge in [0.1, 0.15) is 0 Å². The lowest BCUT2D eigenvalue weighted by atomic mass is 10.1. The number of aliphatic carboxylic acids is 1. The normalized spacial score (nSPS) is 20.1. The van der Waals surface area contributed by atoms with Gasteiger partial charge in [-0.15, -0.1) is 12.6 Å². The number of nitrogen functional groups attached to an aromatic ring is 1. The lowest BCUT2D eigenvalue weighted by Crippen LogP contribution is -2.31. The number of benzene rings is 1. The van der Waals surface area contributed by atoms with Crippen LogP contribution in [-0.2, 0) is 11.0 Å². The average molecular weight is 365 g/mol. The zero-order valence-corrected chi connectivity index (χ0v) is 13.4. The van der Waals surface area contributed by atoms with Gasteiger partial charge in [0.15, 0.2) is 0 Å². The maximum Gasteiger partial charge on any atom is 0.417 e. The maximum absolute atomic E-state index is 12.5. The second kappa shape index (κ2) is 8.36. The van der Waals surface area contributed by atoms with Gasteiger partial charge in [0, 0.05) is 10.9 Å². The van der Waals surface area contributed by atoms with Crippen LogP contribution < -0.4 is 17.0 Å². The van der Waals surface area contributed by atoms with Crippen LogP contribution in [0.2, 0.25) is 0 Å². The lowest BCUT2D eigenvalue weighted by Gasteiger charge is -2.11. The number of hydrogen-bond donors (Lipinski definition) is 5. The van der Waals surface area contributed by atoms with E-state index in [1.807, 2.05) is 0 Å². The van der Waals surface area contributed by atoms with Crippen LogP contribution in [0, 0.1) is 5.92 Å². The van der Waals surface area contributed by atoms with Gasteiger partial charge in [0.2, 0.25) is 0 Å². The molecule has 24 heavy (non-hydrogen) atoms. The third-order valence-corrected chi connectivity index (χ3v) is 3.78. The SMILES string of the molecule is NNC(=O)c1ccc(S)cc1C(F)(F)F.N[C@H]1CC[C@@H](C(=O)O)C1. The number of nitrogens with two attached hydrogens (primary N) is 2. The van der Waals surface area contributed by atoms with Crippen LogP contribution >= 0.6 is 12.6 Å². The Hall–Kier alpha value is -1.78. The number of hydrogen-bond acceptors (Lipinski definition) is 5. The summed E-state index contributed by atoms with van der Waals surface area (Å²) in [6.07, 6.45) is -2.32. The van der Waals surface area contributed by atoms with Crippen LogP contribution in [-0.4, -0.2) is 23.0 Å². The first kappa shape index (κ1) is 20.3. The monoisotopic (exact) mass is 365 g/mol. The van der Waals surface area contributed by atoms with Crippen molar-refractivity contribution in [1.29, 1.82) is 0 Å². The van der Waals surface area contributed by atoms with Crippen molar-refractivity contribution in [2.75, 3.05) is 0 Å². The minimum atomic E-state index is -4.61. The van der Waals surface area contributed by atoms with Crippen molar-refractivity contribution >= 4 is 24.5 Å². The van der Waals surface area contributed by atoms with Gasteiger partial charge in [-0.2, -0.15) is 13.2 Å². The number of carboxylic acids is 1. The Kier molecular flexibility index (Phi) is 7.06. The van der Waals surface area contributed by atoms with Gasteiger partial charge in [-0.25, -0.2) is 5.84 Å². The number of carbonyl (C=O) groups excluding carboxylic acids is 1. The molecule has 0 saturated heterocycles. The molecule has 1 fully saturated rings. The molecule has 134 valence electrons. The summed E-state index contributed by atoms with van der Waals surface area (Å²) in [6, 6.07) is 3.20. The highest BCUT2D eigenvalue weighted by Crippen LogP contribution is 2.33. The van der Waals surface area contributed by atoms with Gasteiger partial charge in [-0.1, -0.05) is 0 Å². The zero-order chi connectivity index (χ0) is 18.5. The second-order valence-electron chi connectivity index (χ2n) is 5.31. The number of nitrogens with one attached hydrogen (secondary N) is 1. The first-order valence-corrected chi connectivity index (χ1v) is 7.40. The topological polar surface area (TPSA) is 118 Å². The van der Waals surface area contributed by atoms with E-state index in [0.717, 1.165) is 25.0 Å². The molecule has 2 atom stereocenters. The van der Waals surface area contributed by atoms with Crippen molar-refractivity contribution in [3.63, 3.8) is 0 Å². The molecule has 0 unspecified atom stereocenters. The Morgan fingerprint density at radius 3 is 2.29 bits per heavy atom. The second-order valence-corrected chi connectivity index (χ2v) is 5.83. The van der Waals surface area contributed by atoms with E-state index in [4.69, 9.17) is 16.7 Å². The Labute approximate surface area is 141 Å². The molecular weight excluding hydrogens is 347 g/mol. The summed E-state index contributed by atoms with van der Waals surface area (Å²) in [6.45, 7) is 0. The number of alkyl halides is 3. The predicted molar refractivity (Wildman–Crippen MR) is 83.3 cm³/mol. The molecule has 6 N–H and O–H groups in total. The summed E-state index contributed by atoms with van der Waals surface area (Å²) in [7, 11) is 0. The third kappa shape index (κ3) is 5.69. The molecule has 2 rings (SSSR count).